The molecule has 2 aliphatic rings. The Labute approximate surface area is 171 Å². The number of ether oxygens (including phenoxy) is 1. The molecule has 3 N–H and O–H groups in total. The van der Waals surface area contributed by atoms with Crippen LogP contribution in [0.15, 0.2) is 42.5 Å². The molecule has 0 aromatic heterocycles. The van der Waals surface area contributed by atoms with Crippen LogP contribution in [0.25, 0.3) is 0 Å². The lowest BCUT2D eigenvalue weighted by Crippen LogP contribution is -3.28. The Hall–Kier alpha value is -2.70. The second kappa shape index (κ2) is 8.76. The Morgan fingerprint density at radius 2 is 1.72 bits per heavy atom. The van der Waals surface area contributed by atoms with Crippen molar-refractivity contribution in [2.24, 2.45) is 0 Å². The number of ketones is 1. The zero-order valence-corrected chi connectivity index (χ0v) is 16.9. The van der Waals surface area contributed by atoms with Crippen LogP contribution in [-0.2, 0) is 17.8 Å². The van der Waals surface area contributed by atoms with Gasteiger partial charge in [0.25, 0.3) is 5.91 Å². The van der Waals surface area contributed by atoms with Gasteiger partial charge in [0.15, 0.2) is 12.3 Å². The summed E-state index contributed by atoms with van der Waals surface area (Å²) in [6.07, 6.45) is 1.02. The molecule has 0 aliphatic carbocycles. The average molecular weight is 396 g/mol. The van der Waals surface area contributed by atoms with Crippen LogP contribution in [0.4, 0.5) is 5.69 Å². The zero-order chi connectivity index (χ0) is 20.2. The molecule has 6 heteroatoms. The van der Waals surface area contributed by atoms with Crippen molar-refractivity contribution in [2.75, 3.05) is 44.6 Å². The molecule has 29 heavy (non-hydrogen) atoms. The Morgan fingerprint density at radius 1 is 1.00 bits per heavy atom. The third-order valence-electron chi connectivity index (χ3n) is 5.86. The molecule has 0 saturated carbocycles. The number of Topliss-reactive ketones (excluding diaryl/α,β-unsaturated/α-hetero) is 1. The fraction of sp³-hybridized carbons (Fsp3) is 0.391. The molecule has 0 unspecified atom stereocenters. The SMILES string of the molecule is CC(=O)c1ccc(NC(=O)C[NH+]2CC[NH+](Cc3ccc4c(c3)CCO4)CC2)cc1. The standard InChI is InChI=1S/C23H27N3O3/c1-17(27)19-3-5-21(6-4-19)24-23(28)16-26-11-9-25(10-12-26)15-18-2-7-22-20(14-18)8-13-29-22/h2-7,14H,8-13,15-16H2,1H3,(H,24,28)/p+2. The van der Waals surface area contributed by atoms with Gasteiger partial charge in [0.05, 0.1) is 6.61 Å². The highest BCUT2D eigenvalue weighted by Crippen LogP contribution is 2.25. The van der Waals surface area contributed by atoms with E-state index >= 15 is 0 Å². The van der Waals surface area contributed by atoms with Crippen molar-refractivity contribution >= 4 is 17.4 Å². The summed E-state index contributed by atoms with van der Waals surface area (Å²) in [4.78, 5) is 26.6. The molecule has 2 heterocycles. The van der Waals surface area contributed by atoms with Gasteiger partial charge in [-0.05, 0) is 55.0 Å². The highest BCUT2D eigenvalue weighted by atomic mass is 16.5. The lowest BCUT2D eigenvalue weighted by atomic mass is 10.1. The number of amides is 1. The highest BCUT2D eigenvalue weighted by Gasteiger charge is 2.25. The van der Waals surface area contributed by atoms with E-state index in [9.17, 15) is 9.59 Å². The minimum atomic E-state index is 0.0256. The van der Waals surface area contributed by atoms with Gasteiger partial charge in [-0.25, -0.2) is 0 Å². The normalized spacial score (nSPS) is 20.6. The summed E-state index contributed by atoms with van der Waals surface area (Å²) in [6.45, 7) is 8.01. The van der Waals surface area contributed by atoms with Crippen LogP contribution < -0.4 is 19.9 Å². The number of nitrogens with one attached hydrogen (secondary N) is 3. The van der Waals surface area contributed by atoms with E-state index in [1.54, 1.807) is 29.2 Å². The number of benzene rings is 2. The smallest absolute Gasteiger partial charge is 0.279 e. The molecule has 6 nitrogen and oxygen atoms in total. The van der Waals surface area contributed by atoms with E-state index in [0.717, 1.165) is 57.2 Å². The molecule has 0 bridgehead atoms. The molecule has 1 amide bonds. The van der Waals surface area contributed by atoms with Crippen molar-refractivity contribution in [1.82, 2.24) is 0 Å². The van der Waals surface area contributed by atoms with Crippen molar-refractivity contribution in [3.05, 3.63) is 59.2 Å². The Kier molecular flexibility index (Phi) is 5.92. The number of rotatable bonds is 6. The van der Waals surface area contributed by atoms with Gasteiger partial charge in [-0.3, -0.25) is 9.59 Å². The van der Waals surface area contributed by atoms with Gasteiger partial charge in [-0.2, -0.15) is 0 Å². The van der Waals surface area contributed by atoms with Crippen molar-refractivity contribution in [1.29, 1.82) is 0 Å². The van der Waals surface area contributed by atoms with Gasteiger partial charge in [-0.15, -0.1) is 0 Å². The summed E-state index contributed by atoms with van der Waals surface area (Å²) in [5, 5.41) is 2.94. The number of piperazine rings is 1. The van der Waals surface area contributed by atoms with Crippen LogP contribution in [-0.4, -0.2) is 51.0 Å². The van der Waals surface area contributed by atoms with Crippen molar-refractivity contribution in [3.63, 3.8) is 0 Å². The molecule has 0 atom stereocenters. The predicted molar refractivity (Wildman–Crippen MR) is 111 cm³/mol. The van der Waals surface area contributed by atoms with Gasteiger partial charge in [0, 0.05) is 23.2 Å². The first-order chi connectivity index (χ1) is 14.1. The first-order valence-electron chi connectivity index (χ1n) is 10.4. The number of carbonyl (C=O) groups excluding carboxylic acids is 2. The molecule has 0 radical (unpaired) electrons. The Balaban J connectivity index is 1.22. The van der Waals surface area contributed by atoms with Crippen molar-refractivity contribution < 1.29 is 24.1 Å². The number of fused-ring (bicyclic) bond motifs is 1. The quantitative estimate of drug-likeness (QED) is 0.591. The van der Waals surface area contributed by atoms with Gasteiger partial charge in [-0.1, -0.05) is 0 Å². The molecular weight excluding hydrogens is 366 g/mol. The minimum absolute atomic E-state index is 0.0256. The first kappa shape index (κ1) is 19.6. The minimum Gasteiger partial charge on any atom is -0.493 e. The maximum atomic E-state index is 12.4. The van der Waals surface area contributed by atoms with Crippen LogP contribution in [0.2, 0.25) is 0 Å². The molecule has 1 saturated heterocycles. The molecule has 0 spiro atoms. The van der Waals surface area contributed by atoms with Gasteiger partial charge >= 0.3 is 0 Å². The van der Waals surface area contributed by atoms with Crippen LogP contribution in [0.3, 0.4) is 0 Å². The summed E-state index contributed by atoms with van der Waals surface area (Å²) in [7, 11) is 0. The molecule has 2 aromatic rings. The maximum Gasteiger partial charge on any atom is 0.279 e. The second-order valence-electron chi connectivity index (χ2n) is 8.08. The van der Waals surface area contributed by atoms with E-state index in [4.69, 9.17) is 4.74 Å². The lowest BCUT2D eigenvalue weighted by Gasteiger charge is -2.29. The van der Waals surface area contributed by atoms with Crippen LogP contribution >= 0.6 is 0 Å². The van der Waals surface area contributed by atoms with E-state index in [1.165, 1.54) is 23.0 Å². The summed E-state index contributed by atoms with van der Waals surface area (Å²) in [5.41, 5.74) is 4.10. The van der Waals surface area contributed by atoms with E-state index in [0.29, 0.717) is 12.1 Å². The first-order valence-corrected chi connectivity index (χ1v) is 10.4. The van der Waals surface area contributed by atoms with E-state index in [-0.39, 0.29) is 11.7 Å². The molecule has 152 valence electrons. The van der Waals surface area contributed by atoms with E-state index in [1.807, 2.05) is 0 Å². The maximum absolute atomic E-state index is 12.4. The van der Waals surface area contributed by atoms with Crippen LogP contribution in [0.5, 0.6) is 5.75 Å². The summed E-state index contributed by atoms with van der Waals surface area (Å²) in [6, 6.07) is 13.6. The monoisotopic (exact) mass is 395 g/mol. The van der Waals surface area contributed by atoms with E-state index in [2.05, 4.69) is 23.5 Å². The fourth-order valence-corrected chi connectivity index (χ4v) is 4.17. The lowest BCUT2D eigenvalue weighted by molar-refractivity contribution is -1.02. The zero-order valence-electron chi connectivity index (χ0n) is 16.9. The molecule has 2 aromatic carbocycles. The van der Waals surface area contributed by atoms with Crippen molar-refractivity contribution in [2.45, 2.75) is 19.9 Å². The molecule has 1 fully saturated rings. The van der Waals surface area contributed by atoms with Crippen LogP contribution in [0, 0.1) is 0 Å². The Bertz CT molecular complexity index is 887. The number of hydrogen-bond donors (Lipinski definition) is 3. The number of carbonyl (C=O) groups is 2. The third kappa shape index (κ3) is 5.02. The summed E-state index contributed by atoms with van der Waals surface area (Å²) >= 11 is 0. The third-order valence-corrected chi connectivity index (χ3v) is 5.86. The molecular formula is C23H29N3O3+2. The number of quaternary nitrogens is 2. The largest absolute Gasteiger partial charge is 0.493 e. The summed E-state index contributed by atoms with van der Waals surface area (Å²) in [5.74, 6) is 1.10. The second-order valence-corrected chi connectivity index (χ2v) is 8.08. The summed E-state index contributed by atoms with van der Waals surface area (Å²) < 4.78 is 5.59. The molecule has 2 aliphatic heterocycles. The van der Waals surface area contributed by atoms with Gasteiger partial charge in [0.1, 0.15) is 38.5 Å². The predicted octanol–water partition coefficient (Wildman–Crippen LogP) is -0.254. The van der Waals surface area contributed by atoms with E-state index < -0.39 is 0 Å². The fourth-order valence-electron chi connectivity index (χ4n) is 4.17. The number of anilines is 1. The van der Waals surface area contributed by atoms with Gasteiger partial charge < -0.3 is 19.9 Å². The Morgan fingerprint density at radius 3 is 2.45 bits per heavy atom. The van der Waals surface area contributed by atoms with Crippen molar-refractivity contribution in [3.8, 4) is 5.75 Å². The van der Waals surface area contributed by atoms with Crippen LogP contribution in [0.1, 0.15) is 28.4 Å². The topological polar surface area (TPSA) is 64.3 Å². The van der Waals surface area contributed by atoms with Gasteiger partial charge in [0.2, 0.25) is 0 Å². The molecule has 4 rings (SSSR count). The highest BCUT2D eigenvalue weighted by molar-refractivity contribution is 5.95. The average Bonchev–Trinajstić information content (AvgIpc) is 3.18. The number of hydrogen-bond acceptors (Lipinski definition) is 3.